The zero-order chi connectivity index (χ0) is 9.97. The molecule has 0 saturated carbocycles. The first-order chi connectivity index (χ1) is 6.79. The molecule has 72 valence electrons. The molecule has 1 aromatic heterocycles. The van der Waals surface area contributed by atoms with Crippen LogP contribution in [-0.4, -0.2) is 11.2 Å². The summed E-state index contributed by atoms with van der Waals surface area (Å²) in [5.74, 6) is 0. The van der Waals surface area contributed by atoms with Crippen LogP contribution >= 0.6 is 39.0 Å². The second-order valence-electron chi connectivity index (χ2n) is 2.71. The number of hydrogen-bond acceptors (Lipinski definition) is 3. The minimum atomic E-state index is 0.932. The largest absolute Gasteiger partial charge is 0.229 e. The summed E-state index contributed by atoms with van der Waals surface area (Å²) >= 11 is 6.72. The zero-order valence-corrected chi connectivity index (χ0v) is 10.7. The summed E-state index contributed by atoms with van der Waals surface area (Å²) in [5, 5.41) is 2.05. The first-order valence-electron chi connectivity index (χ1n) is 4.05. The molecule has 2 aromatic rings. The molecule has 1 heterocycles. The predicted octanol–water partition coefficient (Wildman–Crippen LogP) is 4.29. The highest BCUT2D eigenvalue weighted by Gasteiger charge is 2.01. The summed E-state index contributed by atoms with van der Waals surface area (Å²) < 4.78 is 0.932. The predicted molar refractivity (Wildman–Crippen MR) is 67.0 cm³/mol. The van der Waals surface area contributed by atoms with E-state index in [9.17, 15) is 0 Å². The molecule has 0 aliphatic carbocycles. The van der Waals surface area contributed by atoms with E-state index in [0.717, 1.165) is 9.61 Å². The Hall–Kier alpha value is -0.320. The number of rotatable bonds is 2. The molecule has 0 atom stereocenters. The fourth-order valence-corrected chi connectivity index (χ4v) is 2.57. The van der Waals surface area contributed by atoms with Gasteiger partial charge in [-0.15, -0.1) is 23.1 Å². The number of hydrogen-bond donors (Lipinski definition) is 0. The molecular formula is C10H8BrNS2. The molecule has 0 radical (unpaired) electrons. The quantitative estimate of drug-likeness (QED) is 0.764. The minimum Gasteiger partial charge on any atom is -0.229 e. The van der Waals surface area contributed by atoms with Crippen molar-refractivity contribution in [1.82, 2.24) is 4.98 Å². The Morgan fingerprint density at radius 1 is 1.29 bits per heavy atom. The van der Waals surface area contributed by atoms with Gasteiger partial charge in [-0.05, 0) is 34.3 Å². The van der Waals surface area contributed by atoms with Crippen LogP contribution in [0.2, 0.25) is 0 Å². The van der Waals surface area contributed by atoms with Gasteiger partial charge in [0.15, 0.2) is 3.92 Å². The number of thioether (sulfide) groups is 1. The molecule has 1 nitrogen and oxygen atoms in total. The topological polar surface area (TPSA) is 12.9 Å². The zero-order valence-electron chi connectivity index (χ0n) is 7.53. The van der Waals surface area contributed by atoms with Crippen molar-refractivity contribution in [3.63, 3.8) is 0 Å². The Labute approximate surface area is 99.7 Å². The van der Waals surface area contributed by atoms with Crippen LogP contribution in [0.25, 0.3) is 11.3 Å². The third kappa shape index (κ3) is 2.19. The molecule has 4 heteroatoms. The molecule has 2 rings (SSSR count). The SMILES string of the molecule is CSc1ccc(-c2csc(Br)n2)cc1. The monoisotopic (exact) mass is 285 g/mol. The van der Waals surface area contributed by atoms with Crippen LogP contribution in [0, 0.1) is 0 Å². The fourth-order valence-electron chi connectivity index (χ4n) is 1.15. The lowest BCUT2D eigenvalue weighted by atomic mass is 10.2. The summed E-state index contributed by atoms with van der Waals surface area (Å²) in [4.78, 5) is 5.65. The van der Waals surface area contributed by atoms with Gasteiger partial charge in [0.05, 0.1) is 5.69 Å². The Morgan fingerprint density at radius 2 is 2.00 bits per heavy atom. The van der Waals surface area contributed by atoms with Gasteiger partial charge in [0.25, 0.3) is 0 Å². The Kier molecular flexibility index (Phi) is 3.26. The molecule has 0 unspecified atom stereocenters. The standard InChI is InChI=1S/C10H8BrNS2/c1-13-8-4-2-7(3-5-8)9-6-14-10(11)12-9/h2-6H,1H3. The van der Waals surface area contributed by atoms with Gasteiger partial charge in [-0.1, -0.05) is 12.1 Å². The molecule has 0 aliphatic heterocycles. The summed E-state index contributed by atoms with van der Waals surface area (Å²) in [6, 6.07) is 8.45. The van der Waals surface area contributed by atoms with Crippen molar-refractivity contribution in [2.24, 2.45) is 0 Å². The minimum absolute atomic E-state index is 0.932. The second-order valence-corrected chi connectivity index (χ2v) is 5.73. The normalized spacial score (nSPS) is 10.4. The summed E-state index contributed by atoms with van der Waals surface area (Å²) in [5.41, 5.74) is 2.21. The van der Waals surface area contributed by atoms with Gasteiger partial charge >= 0.3 is 0 Å². The van der Waals surface area contributed by atoms with Gasteiger partial charge in [0, 0.05) is 15.8 Å². The average molecular weight is 286 g/mol. The van der Waals surface area contributed by atoms with Gasteiger partial charge in [-0.2, -0.15) is 0 Å². The van der Waals surface area contributed by atoms with Gasteiger partial charge in [0.2, 0.25) is 0 Å². The molecule has 14 heavy (non-hydrogen) atoms. The third-order valence-corrected chi connectivity index (χ3v) is 3.97. The molecule has 0 bridgehead atoms. The molecule has 0 N–H and O–H groups in total. The molecule has 1 aromatic carbocycles. The van der Waals surface area contributed by atoms with Crippen LogP contribution in [0.4, 0.5) is 0 Å². The van der Waals surface area contributed by atoms with Crippen molar-refractivity contribution in [3.05, 3.63) is 33.6 Å². The smallest absolute Gasteiger partial charge is 0.159 e. The first kappa shape index (κ1) is 10.2. The number of halogens is 1. The van der Waals surface area contributed by atoms with E-state index in [-0.39, 0.29) is 0 Å². The van der Waals surface area contributed by atoms with E-state index in [1.165, 1.54) is 10.5 Å². The van der Waals surface area contributed by atoms with Gasteiger partial charge in [-0.25, -0.2) is 4.98 Å². The van der Waals surface area contributed by atoms with Gasteiger partial charge < -0.3 is 0 Å². The van der Waals surface area contributed by atoms with Crippen molar-refractivity contribution in [2.45, 2.75) is 4.90 Å². The number of aromatic nitrogens is 1. The van der Waals surface area contributed by atoms with E-state index in [1.54, 1.807) is 23.1 Å². The van der Waals surface area contributed by atoms with E-state index in [1.807, 2.05) is 0 Å². The highest BCUT2D eigenvalue weighted by molar-refractivity contribution is 9.11. The molecule has 0 spiro atoms. The molecule has 0 amide bonds. The Balaban J connectivity index is 2.33. The highest BCUT2D eigenvalue weighted by Crippen LogP contribution is 2.26. The third-order valence-electron chi connectivity index (χ3n) is 1.86. The summed E-state index contributed by atoms with van der Waals surface area (Å²) in [6.45, 7) is 0. The van der Waals surface area contributed by atoms with Crippen LogP contribution in [0.3, 0.4) is 0 Å². The number of nitrogens with zero attached hydrogens (tertiary/aromatic N) is 1. The van der Waals surface area contributed by atoms with Crippen molar-refractivity contribution in [1.29, 1.82) is 0 Å². The van der Waals surface area contributed by atoms with Crippen LogP contribution in [-0.2, 0) is 0 Å². The van der Waals surface area contributed by atoms with Crippen LogP contribution in [0.15, 0.2) is 38.5 Å². The fraction of sp³-hybridized carbons (Fsp3) is 0.100. The molecule has 0 fully saturated rings. The van der Waals surface area contributed by atoms with E-state index >= 15 is 0 Å². The van der Waals surface area contributed by atoms with Crippen molar-refractivity contribution in [3.8, 4) is 11.3 Å². The number of thiazole rings is 1. The lowest BCUT2D eigenvalue weighted by Gasteiger charge is -1.98. The Morgan fingerprint density at radius 3 is 2.50 bits per heavy atom. The van der Waals surface area contributed by atoms with E-state index in [2.05, 4.69) is 56.8 Å². The maximum atomic E-state index is 4.36. The van der Waals surface area contributed by atoms with Crippen molar-refractivity contribution >= 4 is 39.0 Å². The lowest BCUT2D eigenvalue weighted by molar-refractivity contribution is 1.36. The molecule has 0 saturated heterocycles. The average Bonchev–Trinajstić information content (AvgIpc) is 2.65. The van der Waals surface area contributed by atoms with Crippen LogP contribution in [0.5, 0.6) is 0 Å². The lowest BCUT2D eigenvalue weighted by Crippen LogP contribution is -1.77. The maximum Gasteiger partial charge on any atom is 0.159 e. The summed E-state index contributed by atoms with van der Waals surface area (Å²) in [7, 11) is 0. The Bertz CT molecular complexity index is 422. The van der Waals surface area contributed by atoms with Crippen molar-refractivity contribution < 1.29 is 0 Å². The first-order valence-corrected chi connectivity index (χ1v) is 6.95. The van der Waals surface area contributed by atoms with Crippen LogP contribution < -0.4 is 0 Å². The second kappa shape index (κ2) is 4.47. The molecule has 0 aliphatic rings. The van der Waals surface area contributed by atoms with Gasteiger partial charge in [0.1, 0.15) is 0 Å². The van der Waals surface area contributed by atoms with Crippen molar-refractivity contribution in [2.75, 3.05) is 6.26 Å². The van der Waals surface area contributed by atoms with Gasteiger partial charge in [-0.3, -0.25) is 0 Å². The summed E-state index contributed by atoms with van der Waals surface area (Å²) in [6.07, 6.45) is 2.08. The highest BCUT2D eigenvalue weighted by atomic mass is 79.9. The molecular weight excluding hydrogens is 278 g/mol. The maximum absolute atomic E-state index is 4.36. The number of benzene rings is 1. The van der Waals surface area contributed by atoms with E-state index in [4.69, 9.17) is 0 Å². The van der Waals surface area contributed by atoms with Crippen LogP contribution in [0.1, 0.15) is 0 Å². The van der Waals surface area contributed by atoms with E-state index < -0.39 is 0 Å². The van der Waals surface area contributed by atoms with E-state index in [0.29, 0.717) is 0 Å².